The maximum absolute atomic E-state index is 11.5. The molecule has 0 aliphatic carbocycles. The van der Waals surface area contributed by atoms with E-state index in [-0.39, 0.29) is 12.5 Å². The van der Waals surface area contributed by atoms with Crippen molar-refractivity contribution in [2.45, 2.75) is 13.8 Å². The first-order valence-corrected chi connectivity index (χ1v) is 5.01. The Morgan fingerprint density at radius 2 is 2.41 bits per heavy atom. The third kappa shape index (κ3) is 2.83. The number of aryl methyl sites for hydroxylation is 2. The number of rotatable bonds is 4. The number of aromatic amines is 1. The first-order valence-electron chi connectivity index (χ1n) is 5.01. The first kappa shape index (κ1) is 11.2. The molecule has 0 aliphatic rings. The van der Waals surface area contributed by atoms with E-state index in [0.29, 0.717) is 17.5 Å². The Kier molecular flexibility index (Phi) is 3.08. The number of hydrogen-bond donors (Lipinski definition) is 2. The molecular weight excluding hydrogens is 224 g/mol. The fourth-order valence-corrected chi connectivity index (χ4v) is 1.20. The number of nitrogens with zero attached hydrogens (tertiary/aromatic N) is 2. The van der Waals surface area contributed by atoms with E-state index in [1.54, 1.807) is 19.2 Å². The first-order chi connectivity index (χ1) is 8.15. The molecule has 2 aromatic rings. The molecule has 0 unspecified atom stereocenters. The third-order valence-electron chi connectivity index (χ3n) is 2.05. The van der Waals surface area contributed by atoms with Crippen LogP contribution in [0.5, 0.6) is 5.88 Å². The number of carbonyl (C=O) groups is 1. The van der Waals surface area contributed by atoms with Crippen LogP contribution in [0, 0.1) is 13.8 Å². The minimum Gasteiger partial charge on any atom is -0.465 e. The van der Waals surface area contributed by atoms with Gasteiger partial charge in [-0.05, 0) is 19.0 Å². The molecule has 2 N–H and O–H groups in total. The van der Waals surface area contributed by atoms with E-state index in [1.807, 2.05) is 6.92 Å². The smallest absolute Gasteiger partial charge is 0.263 e. The molecule has 0 bridgehead atoms. The predicted octanol–water partition coefficient (Wildman–Crippen LogP) is 1.03. The quantitative estimate of drug-likeness (QED) is 0.827. The second-order valence-corrected chi connectivity index (χ2v) is 3.54. The van der Waals surface area contributed by atoms with E-state index in [0.717, 1.165) is 5.56 Å². The van der Waals surface area contributed by atoms with E-state index >= 15 is 0 Å². The van der Waals surface area contributed by atoms with Gasteiger partial charge >= 0.3 is 0 Å². The number of nitrogens with one attached hydrogen (secondary N) is 2. The molecule has 1 amide bonds. The maximum Gasteiger partial charge on any atom is 0.263 e. The molecule has 0 spiro atoms. The van der Waals surface area contributed by atoms with E-state index in [2.05, 4.69) is 20.7 Å². The molecule has 7 nitrogen and oxygen atoms in total. The van der Waals surface area contributed by atoms with Crippen molar-refractivity contribution >= 4 is 11.7 Å². The van der Waals surface area contributed by atoms with Crippen molar-refractivity contribution < 1.29 is 14.1 Å². The van der Waals surface area contributed by atoms with Gasteiger partial charge in [-0.25, -0.2) is 0 Å². The Balaban J connectivity index is 1.84. The average molecular weight is 236 g/mol. The Bertz CT molecular complexity index is 517. The normalized spacial score (nSPS) is 10.2. The monoisotopic (exact) mass is 236 g/mol. The summed E-state index contributed by atoms with van der Waals surface area (Å²) >= 11 is 0. The van der Waals surface area contributed by atoms with E-state index in [4.69, 9.17) is 9.26 Å². The van der Waals surface area contributed by atoms with Gasteiger partial charge in [-0.1, -0.05) is 0 Å². The Labute approximate surface area is 97.1 Å². The van der Waals surface area contributed by atoms with Crippen molar-refractivity contribution in [3.8, 4) is 5.88 Å². The molecule has 90 valence electrons. The third-order valence-corrected chi connectivity index (χ3v) is 2.05. The lowest BCUT2D eigenvalue weighted by atomic mass is 10.4. The number of aromatic nitrogens is 3. The van der Waals surface area contributed by atoms with Gasteiger partial charge in [0.2, 0.25) is 0 Å². The van der Waals surface area contributed by atoms with Gasteiger partial charge in [0, 0.05) is 11.6 Å². The summed E-state index contributed by atoms with van der Waals surface area (Å²) in [4.78, 5) is 11.5. The van der Waals surface area contributed by atoms with Crippen molar-refractivity contribution in [1.29, 1.82) is 0 Å². The molecule has 0 saturated carbocycles. The van der Waals surface area contributed by atoms with Crippen LogP contribution in [-0.4, -0.2) is 27.9 Å². The van der Waals surface area contributed by atoms with Gasteiger partial charge in [-0.2, -0.15) is 5.10 Å². The molecule has 2 heterocycles. The minimum atomic E-state index is -0.294. The summed E-state index contributed by atoms with van der Waals surface area (Å²) < 4.78 is 9.92. The minimum absolute atomic E-state index is 0.134. The van der Waals surface area contributed by atoms with Gasteiger partial charge in [0.05, 0.1) is 6.20 Å². The highest BCUT2D eigenvalue weighted by atomic mass is 16.5. The highest BCUT2D eigenvalue weighted by Gasteiger charge is 2.08. The molecule has 0 aromatic carbocycles. The summed E-state index contributed by atoms with van der Waals surface area (Å²) in [6, 6.07) is 1.61. The van der Waals surface area contributed by atoms with Crippen LogP contribution in [0.3, 0.4) is 0 Å². The van der Waals surface area contributed by atoms with Crippen LogP contribution in [0.4, 0.5) is 5.82 Å². The lowest BCUT2D eigenvalue weighted by molar-refractivity contribution is -0.118. The number of carbonyl (C=O) groups excluding carboxylic acids is 1. The van der Waals surface area contributed by atoms with Crippen LogP contribution >= 0.6 is 0 Å². The zero-order valence-corrected chi connectivity index (χ0v) is 9.48. The zero-order valence-electron chi connectivity index (χ0n) is 9.48. The standard InChI is InChI=1S/C10H12N4O3/c1-6-4-11-13-10(6)12-8(15)5-16-9-3-7(2)17-14-9/h3-4H,5H2,1-2H3,(H2,11,12,13,15). The summed E-state index contributed by atoms with van der Waals surface area (Å²) in [6.45, 7) is 3.44. The molecule has 17 heavy (non-hydrogen) atoms. The molecular formula is C10H12N4O3. The van der Waals surface area contributed by atoms with Gasteiger partial charge in [-0.3, -0.25) is 9.89 Å². The van der Waals surface area contributed by atoms with Crippen molar-refractivity contribution in [2.75, 3.05) is 11.9 Å². The molecule has 2 aromatic heterocycles. The second-order valence-electron chi connectivity index (χ2n) is 3.54. The predicted molar refractivity (Wildman–Crippen MR) is 58.7 cm³/mol. The second kappa shape index (κ2) is 4.69. The van der Waals surface area contributed by atoms with Gasteiger partial charge in [0.25, 0.3) is 11.8 Å². The number of anilines is 1. The molecule has 0 fully saturated rings. The van der Waals surface area contributed by atoms with Crippen molar-refractivity contribution in [3.05, 3.63) is 23.6 Å². The molecule has 2 rings (SSSR count). The average Bonchev–Trinajstić information content (AvgIpc) is 2.86. The highest BCUT2D eigenvalue weighted by molar-refractivity contribution is 5.91. The fraction of sp³-hybridized carbons (Fsp3) is 0.300. The van der Waals surface area contributed by atoms with Crippen LogP contribution in [0.2, 0.25) is 0 Å². The Morgan fingerprint density at radius 3 is 3.00 bits per heavy atom. The summed E-state index contributed by atoms with van der Waals surface area (Å²) in [5.41, 5.74) is 0.857. The molecule has 0 atom stereocenters. The number of hydrogen-bond acceptors (Lipinski definition) is 5. The Morgan fingerprint density at radius 1 is 1.59 bits per heavy atom. The van der Waals surface area contributed by atoms with Crippen LogP contribution in [0.1, 0.15) is 11.3 Å². The van der Waals surface area contributed by atoms with Crippen molar-refractivity contribution in [3.63, 3.8) is 0 Å². The topological polar surface area (TPSA) is 93.0 Å². The number of ether oxygens (including phenoxy) is 1. The van der Waals surface area contributed by atoms with E-state index in [9.17, 15) is 4.79 Å². The number of amides is 1. The lowest BCUT2D eigenvalue weighted by Gasteiger charge is -2.03. The Hall–Kier alpha value is -2.31. The summed E-state index contributed by atoms with van der Waals surface area (Å²) in [7, 11) is 0. The lowest BCUT2D eigenvalue weighted by Crippen LogP contribution is -2.20. The van der Waals surface area contributed by atoms with E-state index < -0.39 is 0 Å². The summed E-state index contributed by atoms with van der Waals surface area (Å²) in [5.74, 6) is 1.19. The van der Waals surface area contributed by atoms with Crippen molar-refractivity contribution in [2.24, 2.45) is 0 Å². The van der Waals surface area contributed by atoms with Crippen LogP contribution in [0.25, 0.3) is 0 Å². The van der Waals surface area contributed by atoms with Gasteiger partial charge in [0.1, 0.15) is 11.6 Å². The molecule has 0 aliphatic heterocycles. The largest absolute Gasteiger partial charge is 0.465 e. The van der Waals surface area contributed by atoms with Crippen molar-refractivity contribution in [1.82, 2.24) is 15.4 Å². The van der Waals surface area contributed by atoms with Gasteiger partial charge in [0.15, 0.2) is 6.61 Å². The molecule has 0 saturated heterocycles. The fourth-order valence-electron chi connectivity index (χ4n) is 1.20. The SMILES string of the molecule is Cc1cc(OCC(=O)Nc2[nH]ncc2C)no1. The zero-order chi connectivity index (χ0) is 12.3. The molecule has 0 radical (unpaired) electrons. The summed E-state index contributed by atoms with van der Waals surface area (Å²) in [6.07, 6.45) is 1.62. The van der Waals surface area contributed by atoms with Gasteiger partial charge in [-0.15, -0.1) is 0 Å². The van der Waals surface area contributed by atoms with Gasteiger partial charge < -0.3 is 14.6 Å². The molecule has 7 heteroatoms. The maximum atomic E-state index is 11.5. The van der Waals surface area contributed by atoms with Crippen LogP contribution in [-0.2, 0) is 4.79 Å². The number of H-pyrrole nitrogens is 1. The van der Waals surface area contributed by atoms with Crippen LogP contribution in [0.15, 0.2) is 16.8 Å². The van der Waals surface area contributed by atoms with E-state index in [1.165, 1.54) is 0 Å². The highest BCUT2D eigenvalue weighted by Crippen LogP contribution is 2.10. The summed E-state index contributed by atoms with van der Waals surface area (Å²) in [5, 5.41) is 12.7. The van der Waals surface area contributed by atoms with Crippen LogP contribution < -0.4 is 10.1 Å².